The van der Waals surface area contributed by atoms with Gasteiger partial charge in [-0.05, 0) is 24.1 Å². The maximum absolute atomic E-state index is 12.2. The molecule has 3 rings (SSSR count). The van der Waals surface area contributed by atoms with Gasteiger partial charge in [-0.3, -0.25) is 4.79 Å². The van der Waals surface area contributed by atoms with Crippen LogP contribution in [-0.2, 0) is 11.2 Å². The molecule has 4 nitrogen and oxygen atoms in total. The lowest BCUT2D eigenvalue weighted by Gasteiger charge is -2.12. The van der Waals surface area contributed by atoms with Crippen molar-refractivity contribution in [1.29, 1.82) is 0 Å². The molecule has 0 saturated carbocycles. The molecule has 2 aromatic carbocycles. The fourth-order valence-electron chi connectivity index (χ4n) is 2.13. The molecule has 1 amide bonds. The van der Waals surface area contributed by atoms with Crippen LogP contribution in [0.3, 0.4) is 0 Å². The van der Waals surface area contributed by atoms with Gasteiger partial charge in [0.2, 0.25) is 12.7 Å². The van der Waals surface area contributed by atoms with Crippen LogP contribution in [0.5, 0.6) is 11.5 Å². The number of benzene rings is 2. The van der Waals surface area contributed by atoms with E-state index in [1.165, 1.54) is 0 Å². The molecule has 0 spiro atoms. The monoisotopic (exact) mass is 301 g/mol. The van der Waals surface area contributed by atoms with Crippen LogP contribution in [0, 0.1) is 0 Å². The van der Waals surface area contributed by atoms with Gasteiger partial charge < -0.3 is 14.8 Å². The van der Waals surface area contributed by atoms with Gasteiger partial charge >= 0.3 is 0 Å². The molecule has 1 heterocycles. The first-order chi connectivity index (χ1) is 10.2. The molecule has 1 atom stereocenters. The zero-order valence-corrected chi connectivity index (χ0v) is 12.2. The van der Waals surface area contributed by atoms with E-state index in [9.17, 15) is 4.79 Å². The quantitative estimate of drug-likeness (QED) is 0.854. The number of nitrogens with one attached hydrogen (secondary N) is 1. The molecule has 1 aliphatic rings. The summed E-state index contributed by atoms with van der Waals surface area (Å²) in [6.45, 7) is 0.218. The molecule has 0 aromatic heterocycles. The summed E-state index contributed by atoms with van der Waals surface area (Å²) >= 11 is 4.38. The van der Waals surface area contributed by atoms with Crippen molar-refractivity contribution in [1.82, 2.24) is 0 Å². The maximum Gasteiger partial charge on any atom is 0.237 e. The van der Waals surface area contributed by atoms with E-state index in [-0.39, 0.29) is 12.7 Å². The molecule has 108 valence electrons. The van der Waals surface area contributed by atoms with Gasteiger partial charge in [0, 0.05) is 11.8 Å². The fraction of sp³-hybridized carbons (Fsp3) is 0.188. The number of fused-ring (bicyclic) bond motifs is 1. The minimum absolute atomic E-state index is 0.138. The second kappa shape index (κ2) is 6.10. The van der Waals surface area contributed by atoms with Gasteiger partial charge in [0.1, 0.15) is 0 Å². The number of hydrogen-bond acceptors (Lipinski definition) is 4. The van der Waals surface area contributed by atoms with Crippen molar-refractivity contribution in [2.75, 3.05) is 12.1 Å². The predicted octanol–water partition coefficient (Wildman–Crippen LogP) is 2.89. The van der Waals surface area contributed by atoms with Gasteiger partial charge in [-0.1, -0.05) is 30.3 Å². The van der Waals surface area contributed by atoms with Gasteiger partial charge in [0.25, 0.3) is 0 Å². The van der Waals surface area contributed by atoms with E-state index in [4.69, 9.17) is 9.47 Å². The Balaban J connectivity index is 1.63. The molecule has 0 radical (unpaired) electrons. The lowest BCUT2D eigenvalue weighted by molar-refractivity contribution is -0.115. The summed E-state index contributed by atoms with van der Waals surface area (Å²) in [6, 6.07) is 15.1. The summed E-state index contributed by atoms with van der Waals surface area (Å²) in [7, 11) is 0. The first kappa shape index (κ1) is 13.8. The van der Waals surface area contributed by atoms with Crippen LogP contribution in [-0.4, -0.2) is 18.0 Å². The van der Waals surface area contributed by atoms with Crippen LogP contribution in [0.15, 0.2) is 48.5 Å². The SMILES string of the molecule is O=C(Nc1ccc2c(c1)OCO2)C(S)Cc1ccccc1. The third kappa shape index (κ3) is 3.31. The van der Waals surface area contributed by atoms with E-state index in [0.717, 1.165) is 5.56 Å². The second-order valence-electron chi connectivity index (χ2n) is 4.76. The van der Waals surface area contributed by atoms with Crippen LogP contribution in [0.25, 0.3) is 0 Å². The van der Waals surface area contributed by atoms with E-state index < -0.39 is 5.25 Å². The predicted molar refractivity (Wildman–Crippen MR) is 84.1 cm³/mol. The minimum Gasteiger partial charge on any atom is -0.454 e. The highest BCUT2D eigenvalue weighted by molar-refractivity contribution is 7.81. The smallest absolute Gasteiger partial charge is 0.237 e. The average Bonchev–Trinajstić information content (AvgIpc) is 2.95. The summed E-state index contributed by atoms with van der Waals surface area (Å²) in [5, 5.41) is 2.44. The Labute approximate surface area is 128 Å². The highest BCUT2D eigenvalue weighted by atomic mass is 32.1. The molecule has 0 aliphatic carbocycles. The largest absolute Gasteiger partial charge is 0.454 e. The topological polar surface area (TPSA) is 47.6 Å². The Morgan fingerprint density at radius 3 is 2.71 bits per heavy atom. The first-order valence-electron chi connectivity index (χ1n) is 6.65. The highest BCUT2D eigenvalue weighted by Gasteiger charge is 2.17. The number of anilines is 1. The third-order valence-electron chi connectivity index (χ3n) is 3.21. The summed E-state index contributed by atoms with van der Waals surface area (Å²) < 4.78 is 10.5. The van der Waals surface area contributed by atoms with E-state index in [0.29, 0.717) is 23.6 Å². The van der Waals surface area contributed by atoms with Crippen molar-refractivity contribution in [2.24, 2.45) is 0 Å². The average molecular weight is 301 g/mol. The van der Waals surface area contributed by atoms with Crippen LogP contribution in [0.2, 0.25) is 0 Å². The molecule has 0 saturated heterocycles. The van der Waals surface area contributed by atoms with Crippen molar-refractivity contribution >= 4 is 24.2 Å². The van der Waals surface area contributed by atoms with Gasteiger partial charge in [0.15, 0.2) is 11.5 Å². The van der Waals surface area contributed by atoms with Crippen molar-refractivity contribution in [2.45, 2.75) is 11.7 Å². The number of ether oxygens (including phenoxy) is 2. The minimum atomic E-state index is -0.405. The van der Waals surface area contributed by atoms with Crippen molar-refractivity contribution in [3.8, 4) is 11.5 Å². The van der Waals surface area contributed by atoms with E-state index >= 15 is 0 Å². The maximum atomic E-state index is 12.2. The van der Waals surface area contributed by atoms with E-state index in [1.807, 2.05) is 30.3 Å². The number of thiol groups is 1. The highest BCUT2D eigenvalue weighted by Crippen LogP contribution is 2.34. The molecule has 2 aromatic rings. The number of carbonyl (C=O) groups is 1. The lowest BCUT2D eigenvalue weighted by atomic mass is 10.1. The molecule has 0 fully saturated rings. The van der Waals surface area contributed by atoms with E-state index in [1.54, 1.807) is 18.2 Å². The number of hydrogen-bond donors (Lipinski definition) is 2. The number of carbonyl (C=O) groups excluding carboxylic acids is 1. The van der Waals surface area contributed by atoms with E-state index in [2.05, 4.69) is 17.9 Å². The van der Waals surface area contributed by atoms with Crippen LogP contribution in [0.1, 0.15) is 5.56 Å². The molecule has 0 bridgehead atoms. The number of rotatable bonds is 4. The third-order valence-corrected chi connectivity index (χ3v) is 3.63. The number of amides is 1. The molecular formula is C16H15NO3S. The molecule has 5 heteroatoms. The molecular weight excluding hydrogens is 286 g/mol. The summed E-state index contributed by atoms with van der Waals surface area (Å²) in [4.78, 5) is 12.2. The normalized spacial score (nSPS) is 13.8. The summed E-state index contributed by atoms with van der Waals surface area (Å²) in [5.41, 5.74) is 1.76. The molecule has 1 N–H and O–H groups in total. The first-order valence-corrected chi connectivity index (χ1v) is 7.16. The van der Waals surface area contributed by atoms with Gasteiger partial charge in [0.05, 0.1) is 5.25 Å². The zero-order chi connectivity index (χ0) is 14.7. The Morgan fingerprint density at radius 2 is 1.90 bits per heavy atom. The van der Waals surface area contributed by atoms with Crippen molar-refractivity contribution in [3.05, 3.63) is 54.1 Å². The summed E-state index contributed by atoms with van der Waals surface area (Å²) in [5.74, 6) is 1.20. The van der Waals surface area contributed by atoms with Crippen LogP contribution in [0.4, 0.5) is 5.69 Å². The van der Waals surface area contributed by atoms with Crippen LogP contribution >= 0.6 is 12.6 Å². The lowest BCUT2D eigenvalue weighted by Crippen LogP contribution is -2.25. The summed E-state index contributed by atoms with van der Waals surface area (Å²) in [6.07, 6.45) is 0.584. The second-order valence-corrected chi connectivity index (χ2v) is 5.39. The van der Waals surface area contributed by atoms with Gasteiger partial charge in [-0.25, -0.2) is 0 Å². The Bertz CT molecular complexity index is 645. The van der Waals surface area contributed by atoms with Gasteiger partial charge in [-0.15, -0.1) is 0 Å². The fourth-order valence-corrected chi connectivity index (χ4v) is 2.41. The van der Waals surface area contributed by atoms with Crippen molar-refractivity contribution < 1.29 is 14.3 Å². The van der Waals surface area contributed by atoms with Crippen LogP contribution < -0.4 is 14.8 Å². The molecule has 1 aliphatic heterocycles. The molecule has 1 unspecified atom stereocenters. The Hall–Kier alpha value is -2.14. The Kier molecular flexibility index (Phi) is 4.01. The van der Waals surface area contributed by atoms with Gasteiger partial charge in [-0.2, -0.15) is 12.6 Å². The van der Waals surface area contributed by atoms with Crippen molar-refractivity contribution in [3.63, 3.8) is 0 Å². The Morgan fingerprint density at radius 1 is 1.14 bits per heavy atom. The molecule has 21 heavy (non-hydrogen) atoms. The standard InChI is InChI=1S/C16H15NO3S/c18-16(15(21)8-11-4-2-1-3-5-11)17-12-6-7-13-14(9-12)20-10-19-13/h1-7,9,15,21H,8,10H2,(H,17,18). The zero-order valence-electron chi connectivity index (χ0n) is 11.3.